The zero-order valence-corrected chi connectivity index (χ0v) is 14.8. The third kappa shape index (κ3) is 3.27. The topological polar surface area (TPSA) is 64.1 Å². The van der Waals surface area contributed by atoms with Crippen molar-refractivity contribution in [1.82, 2.24) is 9.97 Å². The van der Waals surface area contributed by atoms with Crippen molar-refractivity contribution < 1.29 is 9.53 Å². The van der Waals surface area contributed by atoms with Gasteiger partial charge < -0.3 is 10.1 Å². The minimum absolute atomic E-state index is 0.246. The summed E-state index contributed by atoms with van der Waals surface area (Å²) in [4.78, 5) is 21.2. The Kier molecular flexibility index (Phi) is 4.33. The van der Waals surface area contributed by atoms with E-state index in [0.29, 0.717) is 11.4 Å². The van der Waals surface area contributed by atoms with Crippen molar-refractivity contribution in [1.29, 1.82) is 0 Å². The molecule has 0 saturated heterocycles. The summed E-state index contributed by atoms with van der Waals surface area (Å²) in [6.07, 6.45) is 1.77. The van der Waals surface area contributed by atoms with E-state index in [1.165, 1.54) is 0 Å². The molecule has 4 rings (SSSR count). The number of ether oxygens (including phenoxy) is 1. The quantitative estimate of drug-likeness (QED) is 0.576. The third-order valence-electron chi connectivity index (χ3n) is 3.95. The second-order valence-electron chi connectivity index (χ2n) is 5.62. The number of pyridine rings is 1. The van der Waals surface area contributed by atoms with Gasteiger partial charge in [-0.2, -0.15) is 0 Å². The Labute approximate surface area is 154 Å². The number of aromatic nitrogens is 2. The lowest BCUT2D eigenvalue weighted by atomic mass is 10.2. The van der Waals surface area contributed by atoms with Crippen LogP contribution in [0.2, 0.25) is 0 Å². The van der Waals surface area contributed by atoms with Crippen LogP contribution in [0.1, 0.15) is 10.5 Å². The summed E-state index contributed by atoms with van der Waals surface area (Å²) in [5, 5.41) is 6.69. The number of nitrogens with one attached hydrogen (secondary N) is 1. The molecule has 2 aromatic heterocycles. The van der Waals surface area contributed by atoms with Crippen molar-refractivity contribution >= 4 is 33.8 Å². The highest BCUT2D eigenvalue weighted by molar-refractivity contribution is 7.13. The predicted octanol–water partition coefficient (Wildman–Crippen LogP) is 4.62. The number of methoxy groups -OCH3 is 1. The number of amides is 1. The van der Waals surface area contributed by atoms with E-state index < -0.39 is 0 Å². The summed E-state index contributed by atoms with van der Waals surface area (Å²) in [7, 11) is 1.62. The molecule has 0 saturated carbocycles. The van der Waals surface area contributed by atoms with E-state index in [1.54, 1.807) is 30.7 Å². The molecular weight excluding hydrogens is 346 g/mol. The van der Waals surface area contributed by atoms with E-state index in [9.17, 15) is 4.79 Å². The number of hydrogen-bond acceptors (Lipinski definition) is 5. The van der Waals surface area contributed by atoms with Gasteiger partial charge in [0, 0.05) is 28.2 Å². The standard InChI is InChI=1S/C20H15N3O2S/c1-25-16-7-9-17-14(12-16)4-8-18(23-17)19(24)22-15-5-2-13(3-6-15)20-21-10-11-26-20/h2-12H,1H3,(H,22,24). The van der Waals surface area contributed by atoms with Gasteiger partial charge >= 0.3 is 0 Å². The average molecular weight is 361 g/mol. The lowest BCUT2D eigenvalue weighted by Crippen LogP contribution is -2.13. The highest BCUT2D eigenvalue weighted by atomic mass is 32.1. The van der Waals surface area contributed by atoms with Crippen LogP contribution in [-0.4, -0.2) is 23.0 Å². The van der Waals surface area contributed by atoms with Crippen molar-refractivity contribution in [3.8, 4) is 16.3 Å². The fourth-order valence-electron chi connectivity index (χ4n) is 2.61. The van der Waals surface area contributed by atoms with Gasteiger partial charge in [-0.05, 0) is 48.5 Å². The van der Waals surface area contributed by atoms with E-state index in [1.807, 2.05) is 53.9 Å². The molecule has 4 aromatic rings. The largest absolute Gasteiger partial charge is 0.497 e. The van der Waals surface area contributed by atoms with Crippen LogP contribution in [-0.2, 0) is 0 Å². The summed E-state index contributed by atoms with van der Waals surface area (Å²) >= 11 is 1.58. The molecule has 0 atom stereocenters. The Morgan fingerprint density at radius 1 is 1.08 bits per heavy atom. The zero-order valence-electron chi connectivity index (χ0n) is 14.0. The first-order valence-electron chi connectivity index (χ1n) is 7.99. The smallest absolute Gasteiger partial charge is 0.274 e. The van der Waals surface area contributed by atoms with Crippen molar-refractivity contribution in [3.05, 3.63) is 71.9 Å². The van der Waals surface area contributed by atoms with Gasteiger partial charge in [-0.25, -0.2) is 9.97 Å². The van der Waals surface area contributed by atoms with Crippen LogP contribution < -0.4 is 10.1 Å². The lowest BCUT2D eigenvalue weighted by molar-refractivity contribution is 0.102. The fraction of sp³-hybridized carbons (Fsp3) is 0.0500. The summed E-state index contributed by atoms with van der Waals surface area (Å²) in [6, 6.07) is 16.7. The molecule has 0 radical (unpaired) electrons. The number of hydrogen-bond donors (Lipinski definition) is 1. The first-order valence-corrected chi connectivity index (χ1v) is 8.87. The number of benzene rings is 2. The van der Waals surface area contributed by atoms with Crippen LogP contribution >= 0.6 is 11.3 Å². The monoisotopic (exact) mass is 361 g/mol. The first-order chi connectivity index (χ1) is 12.7. The predicted molar refractivity (Wildman–Crippen MR) is 104 cm³/mol. The van der Waals surface area contributed by atoms with E-state index in [-0.39, 0.29) is 5.91 Å². The van der Waals surface area contributed by atoms with Gasteiger partial charge in [0.15, 0.2) is 0 Å². The molecule has 0 bridgehead atoms. The molecule has 1 amide bonds. The van der Waals surface area contributed by atoms with E-state index in [4.69, 9.17) is 4.74 Å². The molecule has 26 heavy (non-hydrogen) atoms. The van der Waals surface area contributed by atoms with Crippen LogP contribution in [0.25, 0.3) is 21.5 Å². The van der Waals surface area contributed by atoms with Crippen molar-refractivity contribution in [2.75, 3.05) is 12.4 Å². The average Bonchev–Trinajstić information content (AvgIpc) is 3.22. The highest BCUT2D eigenvalue weighted by Gasteiger charge is 2.10. The molecule has 2 aromatic carbocycles. The van der Waals surface area contributed by atoms with Gasteiger partial charge in [0.2, 0.25) is 0 Å². The van der Waals surface area contributed by atoms with Gasteiger partial charge in [0.25, 0.3) is 5.91 Å². The maximum Gasteiger partial charge on any atom is 0.274 e. The van der Waals surface area contributed by atoms with Gasteiger partial charge in [0.05, 0.1) is 12.6 Å². The summed E-state index contributed by atoms with van der Waals surface area (Å²) in [5.74, 6) is 0.515. The summed E-state index contributed by atoms with van der Waals surface area (Å²) in [5.41, 5.74) is 2.85. The number of fused-ring (bicyclic) bond motifs is 1. The van der Waals surface area contributed by atoms with E-state index in [0.717, 1.165) is 27.2 Å². The molecule has 0 aliphatic heterocycles. The number of anilines is 1. The summed E-state index contributed by atoms with van der Waals surface area (Å²) in [6.45, 7) is 0. The summed E-state index contributed by atoms with van der Waals surface area (Å²) < 4.78 is 5.20. The van der Waals surface area contributed by atoms with Crippen LogP contribution in [0, 0.1) is 0 Å². The Morgan fingerprint density at radius 2 is 1.92 bits per heavy atom. The SMILES string of the molecule is COc1ccc2nc(C(=O)Nc3ccc(-c4nccs4)cc3)ccc2c1. The minimum atomic E-state index is -0.246. The van der Waals surface area contributed by atoms with Gasteiger partial charge in [0.1, 0.15) is 16.5 Å². The van der Waals surface area contributed by atoms with Crippen LogP contribution in [0.3, 0.4) is 0 Å². The molecule has 0 fully saturated rings. The van der Waals surface area contributed by atoms with Crippen LogP contribution in [0.15, 0.2) is 66.2 Å². The molecule has 0 spiro atoms. The number of nitrogens with zero attached hydrogens (tertiary/aromatic N) is 2. The Hall–Kier alpha value is -3.25. The Bertz CT molecular complexity index is 1060. The minimum Gasteiger partial charge on any atom is -0.497 e. The van der Waals surface area contributed by atoms with Gasteiger partial charge in [-0.1, -0.05) is 6.07 Å². The van der Waals surface area contributed by atoms with Crippen LogP contribution in [0.5, 0.6) is 5.75 Å². The molecular formula is C20H15N3O2S. The molecule has 2 heterocycles. The number of carbonyl (C=O) groups is 1. The fourth-order valence-corrected chi connectivity index (χ4v) is 3.26. The number of carbonyl (C=O) groups excluding carboxylic acids is 1. The lowest BCUT2D eigenvalue weighted by Gasteiger charge is -2.07. The Morgan fingerprint density at radius 3 is 2.65 bits per heavy atom. The Balaban J connectivity index is 1.53. The van der Waals surface area contributed by atoms with E-state index >= 15 is 0 Å². The number of rotatable bonds is 4. The molecule has 0 aliphatic carbocycles. The molecule has 0 unspecified atom stereocenters. The highest BCUT2D eigenvalue weighted by Crippen LogP contribution is 2.24. The first kappa shape index (κ1) is 16.2. The van der Waals surface area contributed by atoms with Gasteiger partial charge in [-0.15, -0.1) is 11.3 Å². The molecule has 1 N–H and O–H groups in total. The maximum absolute atomic E-state index is 12.5. The molecule has 6 heteroatoms. The second kappa shape index (κ2) is 6.93. The normalized spacial score (nSPS) is 10.7. The zero-order chi connectivity index (χ0) is 17.9. The van der Waals surface area contributed by atoms with Crippen molar-refractivity contribution in [2.45, 2.75) is 0 Å². The van der Waals surface area contributed by atoms with Crippen LogP contribution in [0.4, 0.5) is 5.69 Å². The third-order valence-corrected chi connectivity index (χ3v) is 4.77. The number of thiazole rings is 1. The maximum atomic E-state index is 12.5. The molecule has 5 nitrogen and oxygen atoms in total. The van der Waals surface area contributed by atoms with E-state index in [2.05, 4.69) is 15.3 Å². The van der Waals surface area contributed by atoms with Crippen molar-refractivity contribution in [2.24, 2.45) is 0 Å². The van der Waals surface area contributed by atoms with Gasteiger partial charge in [-0.3, -0.25) is 4.79 Å². The molecule has 0 aliphatic rings. The molecule has 128 valence electrons. The second-order valence-corrected chi connectivity index (χ2v) is 6.52. The van der Waals surface area contributed by atoms with Crippen molar-refractivity contribution in [3.63, 3.8) is 0 Å².